The van der Waals surface area contributed by atoms with E-state index in [0.29, 0.717) is 45.6 Å². The lowest BCUT2D eigenvalue weighted by molar-refractivity contribution is -0.136. The molecule has 186 valence electrons. The van der Waals surface area contributed by atoms with E-state index >= 15 is 0 Å². The van der Waals surface area contributed by atoms with Crippen molar-refractivity contribution >= 4 is 11.9 Å². The van der Waals surface area contributed by atoms with Crippen LogP contribution in [0.3, 0.4) is 0 Å². The smallest absolute Gasteiger partial charge is 0.335 e. The maximum Gasteiger partial charge on any atom is 0.335 e. The molecule has 3 rings (SSSR count). The fourth-order valence-electron chi connectivity index (χ4n) is 4.13. The van der Waals surface area contributed by atoms with E-state index in [2.05, 4.69) is 22.1 Å². The van der Waals surface area contributed by atoms with Crippen molar-refractivity contribution in [3.63, 3.8) is 0 Å². The van der Waals surface area contributed by atoms with Crippen LogP contribution in [0.1, 0.15) is 48.3 Å². The number of ether oxygens (including phenoxy) is 1. The Morgan fingerprint density at radius 3 is 2.74 bits per heavy atom. The highest BCUT2D eigenvalue weighted by atomic mass is 16.5. The van der Waals surface area contributed by atoms with E-state index in [-0.39, 0.29) is 36.1 Å². The molecule has 10 heteroatoms. The number of carbonyl (C=O) groups excluding carboxylic acids is 1. The van der Waals surface area contributed by atoms with Crippen molar-refractivity contribution in [2.75, 3.05) is 26.7 Å². The second-order valence-electron chi connectivity index (χ2n) is 9.18. The summed E-state index contributed by atoms with van der Waals surface area (Å²) in [6, 6.07) is 6.56. The summed E-state index contributed by atoms with van der Waals surface area (Å²) in [6.07, 6.45) is 2.68. The summed E-state index contributed by atoms with van der Waals surface area (Å²) >= 11 is 0. The minimum Gasteiger partial charge on any atom is -0.478 e. The fraction of sp³-hybridized carbons (Fsp3) is 0.583. The molecule has 0 radical (unpaired) electrons. The zero-order chi connectivity index (χ0) is 24.7. The number of nitrogens with zero attached hydrogens (tertiary/aromatic N) is 5. The Morgan fingerprint density at radius 2 is 2.06 bits per heavy atom. The number of aliphatic hydroxyl groups excluding tert-OH is 1. The second kappa shape index (κ2) is 12.0. The number of aryl methyl sites for hydroxylation is 1. The van der Waals surface area contributed by atoms with Crippen LogP contribution in [0.2, 0.25) is 0 Å². The van der Waals surface area contributed by atoms with Gasteiger partial charge in [-0.1, -0.05) is 24.3 Å². The highest BCUT2D eigenvalue weighted by Crippen LogP contribution is 2.18. The van der Waals surface area contributed by atoms with Gasteiger partial charge in [0.15, 0.2) is 0 Å². The van der Waals surface area contributed by atoms with Crippen molar-refractivity contribution in [3.8, 4) is 0 Å². The van der Waals surface area contributed by atoms with Gasteiger partial charge in [0.25, 0.3) is 0 Å². The molecule has 1 amide bonds. The zero-order valence-corrected chi connectivity index (χ0v) is 20.1. The molecule has 0 fully saturated rings. The van der Waals surface area contributed by atoms with Crippen LogP contribution < -0.4 is 0 Å². The maximum atomic E-state index is 12.9. The van der Waals surface area contributed by atoms with Crippen LogP contribution in [-0.2, 0) is 29.2 Å². The van der Waals surface area contributed by atoms with Crippen molar-refractivity contribution in [2.24, 2.45) is 5.92 Å². The predicted molar refractivity (Wildman–Crippen MR) is 125 cm³/mol. The first-order valence-corrected chi connectivity index (χ1v) is 11.7. The van der Waals surface area contributed by atoms with E-state index in [1.165, 1.54) is 0 Å². The average Bonchev–Trinajstić information content (AvgIpc) is 3.27. The summed E-state index contributed by atoms with van der Waals surface area (Å²) in [7, 11) is 1.98. The van der Waals surface area contributed by atoms with Gasteiger partial charge in [-0.25, -0.2) is 4.79 Å². The van der Waals surface area contributed by atoms with Crippen molar-refractivity contribution in [3.05, 3.63) is 47.3 Å². The quantitative estimate of drug-likeness (QED) is 0.623. The molecule has 2 aromatic rings. The normalized spacial score (nSPS) is 21.0. The number of aliphatic hydroxyl groups is 1. The molecule has 1 aliphatic heterocycles. The molecule has 1 aliphatic rings. The Morgan fingerprint density at radius 1 is 1.32 bits per heavy atom. The number of hydrogen-bond donors (Lipinski definition) is 2. The van der Waals surface area contributed by atoms with Gasteiger partial charge in [0.1, 0.15) is 5.69 Å². The third kappa shape index (κ3) is 7.09. The molecule has 0 saturated heterocycles. The lowest BCUT2D eigenvalue weighted by Crippen LogP contribution is -2.47. The summed E-state index contributed by atoms with van der Waals surface area (Å²) in [5.41, 5.74) is 2.00. The topological polar surface area (TPSA) is 121 Å². The first kappa shape index (κ1) is 25.8. The molecule has 10 nitrogen and oxygen atoms in total. The molecule has 0 spiro atoms. The van der Waals surface area contributed by atoms with Crippen LogP contribution in [0.15, 0.2) is 30.5 Å². The van der Waals surface area contributed by atoms with E-state index in [0.717, 1.165) is 11.3 Å². The van der Waals surface area contributed by atoms with Crippen molar-refractivity contribution in [2.45, 2.75) is 58.5 Å². The summed E-state index contributed by atoms with van der Waals surface area (Å²) in [5.74, 6) is -0.927. The number of likely N-dealkylation sites (N-methyl/N-ethyl adjacent to an activating group) is 1. The number of carboxylic acids is 1. The van der Waals surface area contributed by atoms with Gasteiger partial charge in [0.05, 0.1) is 37.1 Å². The van der Waals surface area contributed by atoms with Crippen LogP contribution >= 0.6 is 0 Å². The van der Waals surface area contributed by atoms with Crippen LogP contribution in [0.4, 0.5) is 0 Å². The molecule has 0 saturated carbocycles. The highest BCUT2D eigenvalue weighted by molar-refractivity contribution is 5.87. The molecule has 1 aromatic carbocycles. The molecule has 0 unspecified atom stereocenters. The van der Waals surface area contributed by atoms with E-state index < -0.39 is 5.97 Å². The van der Waals surface area contributed by atoms with Gasteiger partial charge in [-0.2, -0.15) is 0 Å². The van der Waals surface area contributed by atoms with Gasteiger partial charge in [-0.05, 0) is 38.1 Å². The number of aromatic nitrogens is 3. The number of benzene rings is 1. The summed E-state index contributed by atoms with van der Waals surface area (Å²) in [5, 5.41) is 27.1. The van der Waals surface area contributed by atoms with Gasteiger partial charge in [0.2, 0.25) is 5.91 Å². The van der Waals surface area contributed by atoms with Crippen LogP contribution in [0.5, 0.6) is 0 Å². The summed E-state index contributed by atoms with van der Waals surface area (Å²) < 4.78 is 8.02. The van der Waals surface area contributed by atoms with E-state index in [1.807, 2.05) is 32.3 Å². The van der Waals surface area contributed by atoms with E-state index in [1.54, 1.807) is 21.7 Å². The fourth-order valence-corrected chi connectivity index (χ4v) is 4.13. The van der Waals surface area contributed by atoms with Gasteiger partial charge in [-0.15, -0.1) is 5.10 Å². The maximum absolute atomic E-state index is 12.9. The summed E-state index contributed by atoms with van der Waals surface area (Å²) in [4.78, 5) is 27.9. The Kier molecular flexibility index (Phi) is 9.14. The number of fused-ring (bicyclic) bond motifs is 2. The number of hydrogen-bond acceptors (Lipinski definition) is 7. The Hall–Kier alpha value is -2.82. The predicted octanol–water partition coefficient (Wildman–Crippen LogP) is 1.63. The Bertz CT molecular complexity index is 947. The number of carboxylic acid groups (broad SMARTS) is 1. The SMILES string of the molecule is C[C@H]1CN([C@@H](C)CO)C(=O)CCCn2cc(nn2)CO[C@H]1CN(C)Cc1ccc(C(=O)O)cc1. The first-order chi connectivity index (χ1) is 16.3. The number of aromatic carboxylic acids is 1. The molecule has 2 bridgehead atoms. The molecule has 34 heavy (non-hydrogen) atoms. The van der Waals surface area contributed by atoms with Gasteiger partial charge in [-0.3, -0.25) is 14.4 Å². The molecule has 3 atom stereocenters. The molecule has 1 aromatic heterocycles. The van der Waals surface area contributed by atoms with Crippen LogP contribution in [0.25, 0.3) is 0 Å². The molecular formula is C24H35N5O5. The molecule has 2 N–H and O–H groups in total. The first-order valence-electron chi connectivity index (χ1n) is 11.7. The lowest BCUT2D eigenvalue weighted by atomic mass is 10.0. The summed E-state index contributed by atoms with van der Waals surface area (Å²) in [6.45, 7) is 6.45. The van der Waals surface area contributed by atoms with Gasteiger partial charge in [0, 0.05) is 38.5 Å². The number of rotatable bonds is 7. The number of amides is 1. The van der Waals surface area contributed by atoms with Gasteiger partial charge >= 0.3 is 5.97 Å². The van der Waals surface area contributed by atoms with Crippen LogP contribution in [-0.4, -0.2) is 85.8 Å². The van der Waals surface area contributed by atoms with Crippen LogP contribution in [0, 0.1) is 5.92 Å². The third-order valence-electron chi connectivity index (χ3n) is 6.19. The average molecular weight is 474 g/mol. The van der Waals surface area contributed by atoms with Crippen molar-refractivity contribution < 1.29 is 24.5 Å². The van der Waals surface area contributed by atoms with Crippen molar-refractivity contribution in [1.82, 2.24) is 24.8 Å². The molecule has 2 heterocycles. The lowest BCUT2D eigenvalue weighted by Gasteiger charge is -2.35. The minimum absolute atomic E-state index is 0.00517. The number of carbonyl (C=O) groups is 2. The van der Waals surface area contributed by atoms with E-state index in [4.69, 9.17) is 9.84 Å². The second-order valence-corrected chi connectivity index (χ2v) is 9.18. The molecular weight excluding hydrogens is 438 g/mol. The van der Waals surface area contributed by atoms with Gasteiger partial charge < -0.3 is 19.8 Å². The standard InChI is InChI=1S/C24H35N5O5/c1-17-11-29(18(2)15-30)23(31)5-4-10-28-13-21(25-26-28)16-34-22(17)14-27(3)12-19-6-8-20(9-7-19)24(32)33/h6-9,13,17-18,22,30H,4-5,10-12,14-16H2,1-3H3,(H,32,33)/t17-,18-,22-/m0/s1. The molecule has 0 aliphatic carbocycles. The third-order valence-corrected chi connectivity index (χ3v) is 6.19. The largest absolute Gasteiger partial charge is 0.478 e. The zero-order valence-electron chi connectivity index (χ0n) is 20.1. The Labute approximate surface area is 200 Å². The monoisotopic (exact) mass is 473 g/mol. The minimum atomic E-state index is -0.945. The van der Waals surface area contributed by atoms with E-state index in [9.17, 15) is 14.7 Å². The highest BCUT2D eigenvalue weighted by Gasteiger charge is 2.28. The van der Waals surface area contributed by atoms with Crippen molar-refractivity contribution in [1.29, 1.82) is 0 Å². The Balaban J connectivity index is 1.74.